The minimum absolute atomic E-state index is 0.110. The van der Waals surface area contributed by atoms with E-state index in [4.69, 9.17) is 9.47 Å². The third kappa shape index (κ3) is 2.73. The number of ether oxygens (including phenoxy) is 2. The molecule has 0 radical (unpaired) electrons. The van der Waals surface area contributed by atoms with E-state index >= 15 is 0 Å². The van der Waals surface area contributed by atoms with Crippen LogP contribution in [0.25, 0.3) is 0 Å². The average Bonchev–Trinajstić information content (AvgIpc) is 2.48. The number of benzene rings is 1. The molecule has 1 aliphatic rings. The summed E-state index contributed by atoms with van der Waals surface area (Å²) >= 11 is 0. The highest BCUT2D eigenvalue weighted by molar-refractivity contribution is 5.83. The molecule has 1 aromatic carbocycles. The van der Waals surface area contributed by atoms with Gasteiger partial charge in [0.1, 0.15) is 5.75 Å². The zero-order valence-corrected chi connectivity index (χ0v) is 11.6. The summed E-state index contributed by atoms with van der Waals surface area (Å²) in [6.07, 6.45) is 1.55. The lowest BCUT2D eigenvalue weighted by Gasteiger charge is -2.35. The van der Waals surface area contributed by atoms with Gasteiger partial charge in [0.25, 0.3) is 0 Å². The lowest BCUT2D eigenvalue weighted by molar-refractivity contribution is -0.151. The van der Waals surface area contributed by atoms with Crippen molar-refractivity contribution in [3.8, 4) is 5.75 Å². The molecule has 0 amide bonds. The van der Waals surface area contributed by atoms with E-state index in [0.717, 1.165) is 37.2 Å². The van der Waals surface area contributed by atoms with Gasteiger partial charge in [0, 0.05) is 0 Å². The van der Waals surface area contributed by atoms with Gasteiger partial charge < -0.3 is 14.8 Å². The Morgan fingerprint density at radius 1 is 1.26 bits per heavy atom. The first-order chi connectivity index (χ1) is 9.23. The molecule has 0 bridgehead atoms. The minimum Gasteiger partial charge on any atom is -0.497 e. The van der Waals surface area contributed by atoms with E-state index in [9.17, 15) is 4.79 Å². The van der Waals surface area contributed by atoms with E-state index in [2.05, 4.69) is 5.32 Å². The quantitative estimate of drug-likeness (QED) is 0.843. The van der Waals surface area contributed by atoms with Crippen LogP contribution in [0.2, 0.25) is 0 Å². The molecule has 0 saturated carbocycles. The SMILES string of the molecule is CCOC(=O)C1(c2ccc(OC)cc2)CCNCC1. The fourth-order valence-corrected chi connectivity index (χ4v) is 2.64. The van der Waals surface area contributed by atoms with Crippen molar-refractivity contribution in [3.05, 3.63) is 29.8 Å². The lowest BCUT2D eigenvalue weighted by atomic mass is 9.73. The van der Waals surface area contributed by atoms with Gasteiger partial charge in [-0.2, -0.15) is 0 Å². The number of hydrogen-bond donors (Lipinski definition) is 1. The summed E-state index contributed by atoms with van der Waals surface area (Å²) in [6.45, 7) is 3.94. The summed E-state index contributed by atoms with van der Waals surface area (Å²) in [4.78, 5) is 12.4. The third-order valence-corrected chi connectivity index (χ3v) is 3.77. The van der Waals surface area contributed by atoms with Gasteiger partial charge in [-0.25, -0.2) is 0 Å². The topological polar surface area (TPSA) is 47.6 Å². The van der Waals surface area contributed by atoms with Gasteiger partial charge in [-0.05, 0) is 50.6 Å². The van der Waals surface area contributed by atoms with E-state index in [1.54, 1.807) is 7.11 Å². The number of carbonyl (C=O) groups is 1. The maximum Gasteiger partial charge on any atom is 0.316 e. The third-order valence-electron chi connectivity index (χ3n) is 3.77. The van der Waals surface area contributed by atoms with Crippen molar-refractivity contribution in [2.45, 2.75) is 25.2 Å². The van der Waals surface area contributed by atoms with Crippen LogP contribution in [0.5, 0.6) is 5.75 Å². The molecule has 0 aromatic heterocycles. The Bertz CT molecular complexity index is 422. The Labute approximate surface area is 114 Å². The van der Waals surface area contributed by atoms with Crippen molar-refractivity contribution >= 4 is 5.97 Å². The Balaban J connectivity index is 2.32. The van der Waals surface area contributed by atoms with Crippen molar-refractivity contribution in [2.24, 2.45) is 0 Å². The van der Waals surface area contributed by atoms with Gasteiger partial charge in [-0.15, -0.1) is 0 Å². The summed E-state index contributed by atoms with van der Waals surface area (Å²) in [6, 6.07) is 7.75. The maximum absolute atomic E-state index is 12.4. The van der Waals surface area contributed by atoms with Crippen molar-refractivity contribution < 1.29 is 14.3 Å². The molecule has 1 aliphatic heterocycles. The fourth-order valence-electron chi connectivity index (χ4n) is 2.64. The fraction of sp³-hybridized carbons (Fsp3) is 0.533. The number of carbonyl (C=O) groups excluding carboxylic acids is 1. The number of hydrogen-bond acceptors (Lipinski definition) is 4. The van der Waals surface area contributed by atoms with E-state index in [1.165, 1.54) is 0 Å². The smallest absolute Gasteiger partial charge is 0.316 e. The summed E-state index contributed by atoms with van der Waals surface area (Å²) < 4.78 is 10.5. The average molecular weight is 263 g/mol. The number of piperidine rings is 1. The Hall–Kier alpha value is -1.55. The summed E-state index contributed by atoms with van der Waals surface area (Å²) in [7, 11) is 1.64. The molecule has 4 nitrogen and oxygen atoms in total. The zero-order valence-electron chi connectivity index (χ0n) is 11.6. The first-order valence-corrected chi connectivity index (χ1v) is 6.75. The first kappa shape index (κ1) is 13.9. The highest BCUT2D eigenvalue weighted by Gasteiger charge is 2.42. The lowest BCUT2D eigenvalue weighted by Crippen LogP contribution is -2.46. The second kappa shape index (κ2) is 6.06. The number of rotatable bonds is 4. The predicted molar refractivity (Wildman–Crippen MR) is 73.4 cm³/mol. The molecule has 4 heteroatoms. The molecule has 0 unspecified atom stereocenters. The van der Waals surface area contributed by atoms with E-state index in [0.29, 0.717) is 6.61 Å². The molecule has 2 rings (SSSR count). The summed E-state index contributed by atoms with van der Waals surface area (Å²) in [5, 5.41) is 3.30. The monoisotopic (exact) mass is 263 g/mol. The van der Waals surface area contributed by atoms with Gasteiger partial charge in [-0.3, -0.25) is 4.79 Å². The van der Waals surface area contributed by atoms with Crippen molar-refractivity contribution in [2.75, 3.05) is 26.8 Å². The van der Waals surface area contributed by atoms with Crippen LogP contribution in [0.1, 0.15) is 25.3 Å². The number of nitrogens with one attached hydrogen (secondary N) is 1. The molecule has 1 heterocycles. The molecule has 19 heavy (non-hydrogen) atoms. The van der Waals surface area contributed by atoms with Gasteiger partial charge in [-0.1, -0.05) is 12.1 Å². The van der Waals surface area contributed by atoms with E-state index in [-0.39, 0.29) is 5.97 Å². The van der Waals surface area contributed by atoms with Crippen LogP contribution in [-0.4, -0.2) is 32.8 Å². The molecule has 104 valence electrons. The molecule has 1 saturated heterocycles. The minimum atomic E-state index is -0.506. The zero-order chi connectivity index (χ0) is 13.7. The molecule has 1 fully saturated rings. The molecule has 0 aliphatic carbocycles. The van der Waals surface area contributed by atoms with Gasteiger partial charge in [0.15, 0.2) is 0 Å². The van der Waals surface area contributed by atoms with Crippen LogP contribution >= 0.6 is 0 Å². The van der Waals surface area contributed by atoms with Crippen LogP contribution < -0.4 is 10.1 Å². The first-order valence-electron chi connectivity index (χ1n) is 6.75. The van der Waals surface area contributed by atoms with Crippen molar-refractivity contribution in [1.82, 2.24) is 5.32 Å². The summed E-state index contributed by atoms with van der Waals surface area (Å²) in [5.41, 5.74) is 0.515. The predicted octanol–water partition coefficient (Wildman–Crippen LogP) is 1.88. The second-order valence-electron chi connectivity index (χ2n) is 4.78. The van der Waals surface area contributed by atoms with E-state index in [1.807, 2.05) is 31.2 Å². The molecule has 0 spiro atoms. The maximum atomic E-state index is 12.4. The van der Waals surface area contributed by atoms with Gasteiger partial charge in [0.2, 0.25) is 0 Å². The Kier molecular flexibility index (Phi) is 4.43. The number of methoxy groups -OCH3 is 1. The largest absolute Gasteiger partial charge is 0.497 e. The van der Waals surface area contributed by atoms with Crippen LogP contribution in [0, 0.1) is 0 Å². The van der Waals surface area contributed by atoms with Gasteiger partial charge in [0.05, 0.1) is 19.1 Å². The molecular formula is C15H21NO3. The molecule has 1 aromatic rings. The highest BCUT2D eigenvalue weighted by Crippen LogP contribution is 2.35. The Morgan fingerprint density at radius 3 is 2.42 bits per heavy atom. The van der Waals surface area contributed by atoms with Crippen molar-refractivity contribution in [1.29, 1.82) is 0 Å². The van der Waals surface area contributed by atoms with Crippen molar-refractivity contribution in [3.63, 3.8) is 0 Å². The highest BCUT2D eigenvalue weighted by atomic mass is 16.5. The van der Waals surface area contributed by atoms with Crippen LogP contribution in [0.3, 0.4) is 0 Å². The molecule has 1 N–H and O–H groups in total. The van der Waals surface area contributed by atoms with E-state index < -0.39 is 5.41 Å². The second-order valence-corrected chi connectivity index (χ2v) is 4.78. The normalized spacial score (nSPS) is 17.8. The standard InChI is InChI=1S/C15H21NO3/c1-3-19-14(17)15(8-10-16-11-9-15)12-4-6-13(18-2)7-5-12/h4-7,16H,3,8-11H2,1-2H3. The summed E-state index contributed by atoms with van der Waals surface area (Å²) in [5.74, 6) is 0.693. The van der Waals surface area contributed by atoms with Crippen LogP contribution in [0.4, 0.5) is 0 Å². The van der Waals surface area contributed by atoms with Gasteiger partial charge >= 0.3 is 5.97 Å². The Morgan fingerprint density at radius 2 is 1.89 bits per heavy atom. The molecule has 0 atom stereocenters. The molecular weight excluding hydrogens is 242 g/mol. The van der Waals surface area contributed by atoms with Crippen LogP contribution in [-0.2, 0) is 14.9 Å². The number of esters is 1. The van der Waals surface area contributed by atoms with Crippen LogP contribution in [0.15, 0.2) is 24.3 Å².